The zero-order valence-corrected chi connectivity index (χ0v) is 14.3. The molecule has 1 aromatic heterocycles. The molecule has 0 unspecified atom stereocenters. The summed E-state index contributed by atoms with van der Waals surface area (Å²) < 4.78 is 5.95. The molecule has 1 aromatic carbocycles. The van der Waals surface area contributed by atoms with Crippen molar-refractivity contribution in [1.82, 2.24) is 15.1 Å². The fourth-order valence-corrected chi connectivity index (χ4v) is 3.38. The summed E-state index contributed by atoms with van der Waals surface area (Å²) in [6.45, 7) is 6.32. The van der Waals surface area contributed by atoms with Crippen LogP contribution in [0.1, 0.15) is 30.0 Å². The molecule has 1 N–H and O–H groups in total. The minimum Gasteiger partial charge on any atom is -0.451 e. The summed E-state index contributed by atoms with van der Waals surface area (Å²) in [5.74, 6) is 0.486. The van der Waals surface area contributed by atoms with Crippen LogP contribution in [0, 0.1) is 0 Å². The molecule has 5 nitrogen and oxygen atoms in total. The first-order valence-electron chi connectivity index (χ1n) is 8.16. The third kappa shape index (κ3) is 3.26. The summed E-state index contributed by atoms with van der Waals surface area (Å²) in [7, 11) is 4.01. The maximum absolute atomic E-state index is 13.0. The molecule has 3 rings (SSSR count). The average molecular weight is 315 g/mol. The number of amides is 1. The normalized spacial score (nSPS) is 22.0. The highest BCUT2D eigenvalue weighted by molar-refractivity contribution is 5.99. The van der Waals surface area contributed by atoms with E-state index in [9.17, 15) is 4.79 Å². The first-order valence-corrected chi connectivity index (χ1v) is 8.16. The summed E-state index contributed by atoms with van der Waals surface area (Å²) in [6.07, 6.45) is 0. The molecule has 0 radical (unpaired) electrons. The lowest BCUT2D eigenvalue weighted by molar-refractivity contribution is 0.0641. The second kappa shape index (κ2) is 6.34. The van der Waals surface area contributed by atoms with Gasteiger partial charge in [0.15, 0.2) is 5.76 Å². The monoisotopic (exact) mass is 315 g/mol. The Morgan fingerprint density at radius 3 is 2.57 bits per heavy atom. The summed E-state index contributed by atoms with van der Waals surface area (Å²) in [5, 5.41) is 4.48. The van der Waals surface area contributed by atoms with Gasteiger partial charge in [-0.3, -0.25) is 4.79 Å². The molecule has 2 heterocycles. The predicted octanol–water partition coefficient (Wildman–Crippen LogP) is 2.32. The van der Waals surface area contributed by atoms with Gasteiger partial charge in [-0.25, -0.2) is 0 Å². The van der Waals surface area contributed by atoms with E-state index >= 15 is 0 Å². The molecule has 1 saturated heterocycles. The minimum absolute atomic E-state index is 0.00162. The van der Waals surface area contributed by atoms with Gasteiger partial charge < -0.3 is 19.5 Å². The predicted molar refractivity (Wildman–Crippen MR) is 91.6 cm³/mol. The van der Waals surface area contributed by atoms with Crippen molar-refractivity contribution in [2.75, 3.05) is 27.2 Å². The lowest BCUT2D eigenvalue weighted by Gasteiger charge is -2.35. The molecule has 0 saturated carbocycles. The van der Waals surface area contributed by atoms with Crippen LogP contribution in [0.2, 0.25) is 0 Å². The van der Waals surface area contributed by atoms with E-state index in [4.69, 9.17) is 4.42 Å². The second-order valence-corrected chi connectivity index (χ2v) is 6.82. The Bertz CT molecular complexity index is 697. The van der Waals surface area contributed by atoms with Crippen molar-refractivity contribution in [3.63, 3.8) is 0 Å². The molecular weight excluding hydrogens is 290 g/mol. The number of hydrogen-bond acceptors (Lipinski definition) is 4. The average Bonchev–Trinajstić information content (AvgIpc) is 2.84. The van der Waals surface area contributed by atoms with Gasteiger partial charge in [0.05, 0.1) is 0 Å². The number of benzene rings is 1. The lowest BCUT2D eigenvalue weighted by Crippen LogP contribution is -2.55. The Labute approximate surface area is 137 Å². The summed E-state index contributed by atoms with van der Waals surface area (Å²) in [4.78, 5) is 17.0. The molecule has 124 valence electrons. The van der Waals surface area contributed by atoms with Crippen LogP contribution in [-0.2, 0) is 6.54 Å². The van der Waals surface area contributed by atoms with Gasteiger partial charge in [0.1, 0.15) is 5.58 Å². The van der Waals surface area contributed by atoms with Gasteiger partial charge in [-0.15, -0.1) is 0 Å². The van der Waals surface area contributed by atoms with Gasteiger partial charge in [0, 0.05) is 42.7 Å². The van der Waals surface area contributed by atoms with Gasteiger partial charge in [-0.05, 0) is 34.0 Å². The van der Waals surface area contributed by atoms with Crippen LogP contribution in [0.15, 0.2) is 28.7 Å². The molecule has 1 amide bonds. The van der Waals surface area contributed by atoms with Crippen molar-refractivity contribution < 1.29 is 9.21 Å². The largest absolute Gasteiger partial charge is 0.451 e. The van der Waals surface area contributed by atoms with E-state index < -0.39 is 0 Å². The van der Waals surface area contributed by atoms with Crippen LogP contribution < -0.4 is 5.32 Å². The molecule has 1 fully saturated rings. The van der Waals surface area contributed by atoms with Crippen molar-refractivity contribution in [3.8, 4) is 0 Å². The fourth-order valence-electron chi connectivity index (χ4n) is 3.38. The van der Waals surface area contributed by atoms with Crippen LogP contribution in [0.3, 0.4) is 0 Å². The zero-order valence-electron chi connectivity index (χ0n) is 14.3. The van der Waals surface area contributed by atoms with E-state index in [-0.39, 0.29) is 5.91 Å². The van der Waals surface area contributed by atoms with E-state index in [1.807, 2.05) is 43.3 Å². The summed E-state index contributed by atoms with van der Waals surface area (Å²) >= 11 is 0. The highest BCUT2D eigenvalue weighted by atomic mass is 16.3. The van der Waals surface area contributed by atoms with E-state index in [1.165, 1.54) is 0 Å². The SMILES string of the molecule is C[C@@H]1CN(C(=O)c2oc3ccccc3c2CN(C)C)C[C@H](C)N1. The number of piperazine rings is 1. The van der Waals surface area contributed by atoms with Crippen molar-refractivity contribution in [1.29, 1.82) is 0 Å². The van der Waals surface area contributed by atoms with Crippen LogP contribution in [-0.4, -0.2) is 55.0 Å². The van der Waals surface area contributed by atoms with E-state index in [0.29, 0.717) is 37.5 Å². The first-order chi connectivity index (χ1) is 11.0. The number of nitrogens with zero attached hydrogens (tertiary/aromatic N) is 2. The third-order valence-corrected chi connectivity index (χ3v) is 4.21. The number of carbonyl (C=O) groups excluding carboxylic acids is 1. The van der Waals surface area contributed by atoms with Crippen LogP contribution >= 0.6 is 0 Å². The van der Waals surface area contributed by atoms with Crippen LogP contribution in [0.25, 0.3) is 11.0 Å². The summed E-state index contributed by atoms with van der Waals surface area (Å²) in [6, 6.07) is 8.47. The number of furan rings is 1. The Morgan fingerprint density at radius 1 is 1.26 bits per heavy atom. The fraction of sp³-hybridized carbons (Fsp3) is 0.500. The quantitative estimate of drug-likeness (QED) is 0.944. The number of para-hydroxylation sites is 1. The number of carbonyl (C=O) groups is 1. The Balaban J connectivity index is 1.99. The van der Waals surface area contributed by atoms with Crippen LogP contribution in [0.5, 0.6) is 0 Å². The maximum Gasteiger partial charge on any atom is 0.290 e. The molecule has 5 heteroatoms. The first kappa shape index (κ1) is 16.0. The van der Waals surface area contributed by atoms with Crippen molar-refractivity contribution in [3.05, 3.63) is 35.6 Å². The zero-order chi connectivity index (χ0) is 16.6. The highest BCUT2D eigenvalue weighted by Gasteiger charge is 2.30. The summed E-state index contributed by atoms with van der Waals surface area (Å²) in [5.41, 5.74) is 1.76. The van der Waals surface area contributed by atoms with E-state index in [0.717, 1.165) is 16.5 Å². The molecule has 2 atom stereocenters. The van der Waals surface area contributed by atoms with Gasteiger partial charge in [-0.1, -0.05) is 18.2 Å². The van der Waals surface area contributed by atoms with Gasteiger partial charge in [0.25, 0.3) is 5.91 Å². The molecular formula is C18H25N3O2. The standard InChI is InChI=1S/C18H25N3O2/c1-12-9-21(10-13(2)19-12)18(22)17-15(11-20(3)4)14-7-5-6-8-16(14)23-17/h5-8,12-13,19H,9-11H2,1-4H3/t12-,13+. The van der Waals surface area contributed by atoms with E-state index in [1.54, 1.807) is 0 Å². The third-order valence-electron chi connectivity index (χ3n) is 4.21. The number of fused-ring (bicyclic) bond motifs is 1. The maximum atomic E-state index is 13.0. The van der Waals surface area contributed by atoms with Crippen molar-refractivity contribution >= 4 is 16.9 Å². The van der Waals surface area contributed by atoms with Gasteiger partial charge >= 0.3 is 0 Å². The number of hydrogen-bond donors (Lipinski definition) is 1. The topological polar surface area (TPSA) is 48.7 Å². The molecule has 23 heavy (non-hydrogen) atoms. The van der Waals surface area contributed by atoms with Crippen molar-refractivity contribution in [2.45, 2.75) is 32.5 Å². The van der Waals surface area contributed by atoms with Gasteiger partial charge in [0.2, 0.25) is 0 Å². The minimum atomic E-state index is -0.00162. The molecule has 0 bridgehead atoms. The molecule has 1 aliphatic heterocycles. The van der Waals surface area contributed by atoms with Crippen molar-refractivity contribution in [2.24, 2.45) is 0 Å². The number of nitrogens with one attached hydrogen (secondary N) is 1. The van der Waals surface area contributed by atoms with E-state index in [2.05, 4.69) is 24.1 Å². The molecule has 1 aliphatic rings. The smallest absolute Gasteiger partial charge is 0.290 e. The Kier molecular flexibility index (Phi) is 4.41. The van der Waals surface area contributed by atoms with Gasteiger partial charge in [-0.2, -0.15) is 0 Å². The molecule has 0 aliphatic carbocycles. The van der Waals surface area contributed by atoms with Crippen LogP contribution in [0.4, 0.5) is 0 Å². The molecule has 2 aromatic rings. The Morgan fingerprint density at radius 2 is 1.91 bits per heavy atom. The number of rotatable bonds is 3. The Hall–Kier alpha value is -1.85. The second-order valence-electron chi connectivity index (χ2n) is 6.82. The lowest BCUT2D eigenvalue weighted by atomic mass is 10.1. The highest BCUT2D eigenvalue weighted by Crippen LogP contribution is 2.28. The molecule has 0 spiro atoms.